The number of aromatic nitrogens is 4. The van der Waals surface area contributed by atoms with E-state index in [0.29, 0.717) is 12.5 Å². The number of ether oxygens (including phenoxy) is 1. The van der Waals surface area contributed by atoms with Gasteiger partial charge in [-0.25, -0.2) is 9.97 Å². The van der Waals surface area contributed by atoms with Crippen LogP contribution < -0.4 is 5.32 Å². The zero-order valence-corrected chi connectivity index (χ0v) is 15.0. The number of hydrogen-bond acceptors (Lipinski definition) is 7. The van der Waals surface area contributed by atoms with Crippen molar-refractivity contribution in [3.05, 3.63) is 66.9 Å². The summed E-state index contributed by atoms with van der Waals surface area (Å²) in [5, 5.41) is 3.39. The lowest BCUT2D eigenvalue weighted by Gasteiger charge is -2.34. The van der Waals surface area contributed by atoms with Gasteiger partial charge >= 0.3 is 0 Å². The van der Waals surface area contributed by atoms with Crippen molar-refractivity contribution in [2.24, 2.45) is 0 Å². The third kappa shape index (κ3) is 4.45. The van der Waals surface area contributed by atoms with E-state index < -0.39 is 0 Å². The molecule has 7 nitrogen and oxygen atoms in total. The van der Waals surface area contributed by atoms with Crippen LogP contribution >= 0.6 is 0 Å². The van der Waals surface area contributed by atoms with Crippen molar-refractivity contribution in [3.8, 4) is 11.3 Å². The van der Waals surface area contributed by atoms with Crippen LogP contribution in [0.25, 0.3) is 11.3 Å². The summed E-state index contributed by atoms with van der Waals surface area (Å²) < 4.78 is 5.50. The van der Waals surface area contributed by atoms with E-state index >= 15 is 0 Å². The molecule has 1 atom stereocenters. The van der Waals surface area contributed by atoms with Crippen molar-refractivity contribution in [1.82, 2.24) is 24.8 Å². The Balaban J connectivity index is 1.51. The number of morpholine rings is 1. The average Bonchev–Trinajstić information content (AvgIpc) is 2.76. The van der Waals surface area contributed by atoms with E-state index in [4.69, 9.17) is 4.74 Å². The molecule has 27 heavy (non-hydrogen) atoms. The average molecular weight is 362 g/mol. The molecule has 0 bridgehead atoms. The fraction of sp³-hybridized carbons (Fsp3) is 0.300. The van der Waals surface area contributed by atoms with E-state index in [-0.39, 0.29) is 6.04 Å². The van der Waals surface area contributed by atoms with Crippen LogP contribution in [0.3, 0.4) is 0 Å². The molecule has 1 saturated heterocycles. The normalized spacial score (nSPS) is 16.0. The van der Waals surface area contributed by atoms with Gasteiger partial charge in [-0.2, -0.15) is 0 Å². The smallest absolute Gasteiger partial charge is 0.223 e. The molecule has 4 heterocycles. The predicted octanol–water partition coefficient (Wildman–Crippen LogP) is 2.42. The van der Waals surface area contributed by atoms with Crippen LogP contribution in [0.1, 0.15) is 11.7 Å². The molecule has 3 aromatic rings. The van der Waals surface area contributed by atoms with Crippen molar-refractivity contribution < 1.29 is 4.74 Å². The third-order valence-corrected chi connectivity index (χ3v) is 4.60. The van der Waals surface area contributed by atoms with Gasteiger partial charge in [-0.05, 0) is 30.3 Å². The number of anilines is 1. The van der Waals surface area contributed by atoms with Gasteiger partial charge in [0.1, 0.15) is 0 Å². The molecule has 0 spiro atoms. The molecule has 1 aliphatic heterocycles. The minimum atomic E-state index is 0.142. The van der Waals surface area contributed by atoms with E-state index in [2.05, 4.69) is 36.2 Å². The van der Waals surface area contributed by atoms with Gasteiger partial charge in [-0.15, -0.1) is 0 Å². The fourth-order valence-electron chi connectivity index (χ4n) is 3.20. The van der Waals surface area contributed by atoms with E-state index in [9.17, 15) is 0 Å². The summed E-state index contributed by atoms with van der Waals surface area (Å²) in [4.78, 5) is 20.0. The summed E-state index contributed by atoms with van der Waals surface area (Å²) in [5.74, 6) is 0.610. The number of pyridine rings is 2. The van der Waals surface area contributed by atoms with Crippen LogP contribution in [0.5, 0.6) is 0 Å². The maximum atomic E-state index is 5.50. The molecule has 7 heteroatoms. The second-order valence-electron chi connectivity index (χ2n) is 6.30. The summed E-state index contributed by atoms with van der Waals surface area (Å²) in [5.41, 5.74) is 2.93. The summed E-state index contributed by atoms with van der Waals surface area (Å²) in [6, 6.07) is 12.0. The summed E-state index contributed by atoms with van der Waals surface area (Å²) >= 11 is 0. The van der Waals surface area contributed by atoms with Crippen molar-refractivity contribution in [1.29, 1.82) is 0 Å². The van der Waals surface area contributed by atoms with Gasteiger partial charge in [-0.1, -0.05) is 6.07 Å². The molecule has 0 aromatic carbocycles. The Labute approximate surface area is 158 Å². The Morgan fingerprint density at radius 3 is 2.59 bits per heavy atom. The van der Waals surface area contributed by atoms with Crippen LogP contribution in [-0.2, 0) is 4.74 Å². The van der Waals surface area contributed by atoms with Crippen LogP contribution in [0.2, 0.25) is 0 Å². The van der Waals surface area contributed by atoms with Gasteiger partial charge in [0.15, 0.2) is 0 Å². The number of hydrogen-bond donors (Lipinski definition) is 1. The molecular weight excluding hydrogens is 340 g/mol. The van der Waals surface area contributed by atoms with Crippen molar-refractivity contribution in [2.45, 2.75) is 6.04 Å². The van der Waals surface area contributed by atoms with Gasteiger partial charge in [-0.3, -0.25) is 14.9 Å². The van der Waals surface area contributed by atoms with E-state index in [1.165, 1.54) is 0 Å². The molecule has 0 amide bonds. The molecule has 0 aliphatic carbocycles. The van der Waals surface area contributed by atoms with Crippen LogP contribution in [0, 0.1) is 0 Å². The van der Waals surface area contributed by atoms with Gasteiger partial charge in [0.05, 0.1) is 30.6 Å². The highest BCUT2D eigenvalue weighted by atomic mass is 16.5. The number of nitrogens with zero attached hydrogens (tertiary/aromatic N) is 5. The quantitative estimate of drug-likeness (QED) is 0.722. The summed E-state index contributed by atoms with van der Waals surface area (Å²) in [6.07, 6.45) is 7.14. The zero-order valence-electron chi connectivity index (χ0n) is 15.0. The maximum absolute atomic E-state index is 5.50. The predicted molar refractivity (Wildman–Crippen MR) is 103 cm³/mol. The minimum Gasteiger partial charge on any atom is -0.379 e. The molecule has 3 aromatic heterocycles. The van der Waals surface area contributed by atoms with Gasteiger partial charge in [0.25, 0.3) is 0 Å². The largest absolute Gasteiger partial charge is 0.379 e. The van der Waals surface area contributed by atoms with Gasteiger partial charge in [0.2, 0.25) is 5.95 Å². The lowest BCUT2D eigenvalue weighted by Crippen LogP contribution is -2.42. The highest BCUT2D eigenvalue weighted by Gasteiger charge is 2.23. The second-order valence-corrected chi connectivity index (χ2v) is 6.30. The van der Waals surface area contributed by atoms with Crippen LogP contribution in [0.4, 0.5) is 5.95 Å². The Morgan fingerprint density at radius 1 is 0.963 bits per heavy atom. The first-order valence-corrected chi connectivity index (χ1v) is 9.10. The molecule has 0 radical (unpaired) electrons. The molecule has 1 unspecified atom stereocenters. The number of rotatable bonds is 6. The Kier molecular flexibility index (Phi) is 5.61. The lowest BCUT2D eigenvalue weighted by molar-refractivity contribution is 0.0178. The van der Waals surface area contributed by atoms with Crippen molar-refractivity contribution in [2.75, 3.05) is 38.2 Å². The monoisotopic (exact) mass is 362 g/mol. The van der Waals surface area contributed by atoms with E-state index in [0.717, 1.165) is 43.3 Å². The standard InChI is InChI=1S/C20H22N6O/c1-2-7-22-18(3-1)19(26-11-13-27-14-12-26)15-24-20-23-10-6-17(25-20)16-4-8-21-9-5-16/h1-10,19H,11-15H2,(H,23,24,25). The minimum absolute atomic E-state index is 0.142. The third-order valence-electron chi connectivity index (χ3n) is 4.60. The molecular formula is C20H22N6O. The highest BCUT2D eigenvalue weighted by molar-refractivity contribution is 5.59. The first-order valence-electron chi connectivity index (χ1n) is 9.10. The van der Waals surface area contributed by atoms with E-state index in [1.807, 2.05) is 36.5 Å². The second kappa shape index (κ2) is 8.66. The van der Waals surface area contributed by atoms with Gasteiger partial charge < -0.3 is 10.1 Å². The summed E-state index contributed by atoms with van der Waals surface area (Å²) in [6.45, 7) is 3.95. The van der Waals surface area contributed by atoms with Gasteiger partial charge in [0, 0.05) is 50.0 Å². The lowest BCUT2D eigenvalue weighted by atomic mass is 10.1. The zero-order chi connectivity index (χ0) is 18.3. The maximum Gasteiger partial charge on any atom is 0.223 e. The Morgan fingerprint density at radius 2 is 1.81 bits per heavy atom. The SMILES string of the molecule is c1ccc(C(CNc2nccc(-c3ccncc3)n2)N2CCOCC2)nc1. The summed E-state index contributed by atoms with van der Waals surface area (Å²) in [7, 11) is 0. The van der Waals surface area contributed by atoms with Crippen LogP contribution in [0.15, 0.2) is 61.2 Å². The first kappa shape index (κ1) is 17.5. The van der Waals surface area contributed by atoms with E-state index in [1.54, 1.807) is 18.6 Å². The van der Waals surface area contributed by atoms with Crippen LogP contribution in [-0.4, -0.2) is 57.7 Å². The fourth-order valence-corrected chi connectivity index (χ4v) is 3.20. The molecule has 1 N–H and O–H groups in total. The highest BCUT2D eigenvalue weighted by Crippen LogP contribution is 2.21. The Bertz CT molecular complexity index is 839. The van der Waals surface area contributed by atoms with Crippen molar-refractivity contribution >= 4 is 5.95 Å². The molecule has 138 valence electrons. The molecule has 0 saturated carbocycles. The molecule has 4 rings (SSSR count). The molecule has 1 aliphatic rings. The number of nitrogens with one attached hydrogen (secondary N) is 1. The molecule has 1 fully saturated rings. The van der Waals surface area contributed by atoms with Crippen molar-refractivity contribution in [3.63, 3.8) is 0 Å². The first-order chi connectivity index (χ1) is 13.4. The Hall–Kier alpha value is -2.90. The topological polar surface area (TPSA) is 76.1 Å².